The van der Waals surface area contributed by atoms with Crippen molar-refractivity contribution in [2.45, 2.75) is 44.8 Å². The highest BCUT2D eigenvalue weighted by Crippen LogP contribution is 2.39. The molecule has 0 aromatic heterocycles. The summed E-state index contributed by atoms with van der Waals surface area (Å²) in [7, 11) is 0. The van der Waals surface area contributed by atoms with Crippen LogP contribution in [0.4, 0.5) is 24.5 Å². The van der Waals surface area contributed by atoms with Gasteiger partial charge in [0.05, 0.1) is 10.8 Å². The first-order chi connectivity index (χ1) is 10.7. The number of nitrogens with one attached hydrogen (secondary N) is 1. The molecule has 1 aromatic carbocycles. The SMILES string of the molecule is CC(=O)c1ccc(N[C@@H]2CCC[C@H](C(F)(F)F)C2)c([N+](=O)[O-])c1. The molecular formula is C15H17F3N2O3. The number of nitro benzene ring substituents is 1. The maximum Gasteiger partial charge on any atom is 0.391 e. The summed E-state index contributed by atoms with van der Waals surface area (Å²) in [6.07, 6.45) is -3.31. The Balaban J connectivity index is 2.19. The Morgan fingerprint density at radius 1 is 1.35 bits per heavy atom. The lowest BCUT2D eigenvalue weighted by Gasteiger charge is -2.31. The third-order valence-electron chi connectivity index (χ3n) is 4.10. The Morgan fingerprint density at radius 2 is 2.04 bits per heavy atom. The molecule has 1 N–H and O–H groups in total. The van der Waals surface area contributed by atoms with Gasteiger partial charge in [0.1, 0.15) is 5.69 Å². The summed E-state index contributed by atoms with van der Waals surface area (Å²) in [6, 6.07) is 3.49. The van der Waals surface area contributed by atoms with Crippen molar-refractivity contribution < 1.29 is 22.9 Å². The van der Waals surface area contributed by atoms with Gasteiger partial charge in [0.25, 0.3) is 5.69 Å². The number of rotatable bonds is 4. The van der Waals surface area contributed by atoms with Crippen LogP contribution in [0, 0.1) is 16.0 Å². The first kappa shape index (κ1) is 17.2. The second kappa shape index (κ2) is 6.55. The quantitative estimate of drug-likeness (QED) is 0.507. The fraction of sp³-hybridized carbons (Fsp3) is 0.533. The molecule has 126 valence electrons. The number of nitro groups is 1. The zero-order valence-electron chi connectivity index (χ0n) is 12.5. The number of benzene rings is 1. The van der Waals surface area contributed by atoms with Crippen LogP contribution in [-0.4, -0.2) is 22.9 Å². The molecule has 8 heteroatoms. The van der Waals surface area contributed by atoms with Crippen molar-refractivity contribution in [1.82, 2.24) is 0 Å². The molecule has 1 fully saturated rings. The van der Waals surface area contributed by atoms with Crippen molar-refractivity contribution >= 4 is 17.2 Å². The summed E-state index contributed by atoms with van der Waals surface area (Å²) in [6.45, 7) is 1.29. The number of alkyl halides is 3. The molecule has 23 heavy (non-hydrogen) atoms. The minimum atomic E-state index is -4.25. The van der Waals surface area contributed by atoms with E-state index < -0.39 is 23.1 Å². The van der Waals surface area contributed by atoms with Gasteiger partial charge in [-0.3, -0.25) is 14.9 Å². The standard InChI is InChI=1S/C15H17F3N2O3/c1-9(21)10-5-6-13(14(7-10)20(22)23)19-12-4-2-3-11(8-12)15(16,17)18/h5-7,11-12,19H,2-4,8H2,1H3/t11-,12+/m0/s1. The third-order valence-corrected chi connectivity index (χ3v) is 4.10. The highest BCUT2D eigenvalue weighted by Gasteiger charge is 2.42. The molecular weight excluding hydrogens is 313 g/mol. The zero-order chi connectivity index (χ0) is 17.2. The lowest BCUT2D eigenvalue weighted by molar-refractivity contribution is -0.384. The molecule has 0 amide bonds. The molecule has 0 spiro atoms. The van der Waals surface area contributed by atoms with Crippen molar-refractivity contribution in [1.29, 1.82) is 0 Å². The number of nitrogens with zero attached hydrogens (tertiary/aromatic N) is 1. The van der Waals surface area contributed by atoms with Gasteiger partial charge in [-0.25, -0.2) is 0 Å². The molecule has 0 radical (unpaired) electrons. The molecule has 1 saturated carbocycles. The van der Waals surface area contributed by atoms with E-state index in [0.717, 1.165) is 6.07 Å². The first-order valence-corrected chi connectivity index (χ1v) is 7.31. The molecule has 1 aliphatic carbocycles. The summed E-state index contributed by atoms with van der Waals surface area (Å²) in [5, 5.41) is 14.0. The van der Waals surface area contributed by atoms with Crippen LogP contribution in [0.5, 0.6) is 0 Å². The number of anilines is 1. The topological polar surface area (TPSA) is 72.2 Å². The van der Waals surface area contributed by atoms with E-state index in [2.05, 4.69) is 5.32 Å². The molecule has 2 rings (SSSR count). The normalized spacial score (nSPS) is 21.7. The molecule has 1 aliphatic rings. The van der Waals surface area contributed by atoms with Crippen LogP contribution in [0.1, 0.15) is 43.0 Å². The summed E-state index contributed by atoms with van der Waals surface area (Å²) >= 11 is 0. The van der Waals surface area contributed by atoms with Gasteiger partial charge >= 0.3 is 6.18 Å². The minimum absolute atomic E-state index is 0.0903. The van der Waals surface area contributed by atoms with Gasteiger partial charge < -0.3 is 5.32 Å². The van der Waals surface area contributed by atoms with E-state index in [0.29, 0.717) is 12.8 Å². The smallest absolute Gasteiger partial charge is 0.377 e. The van der Waals surface area contributed by atoms with Gasteiger partial charge in [0, 0.05) is 17.7 Å². The van der Waals surface area contributed by atoms with Crippen LogP contribution in [-0.2, 0) is 0 Å². The van der Waals surface area contributed by atoms with Crippen LogP contribution in [0.25, 0.3) is 0 Å². The lowest BCUT2D eigenvalue weighted by atomic mass is 9.85. The molecule has 1 aromatic rings. The lowest BCUT2D eigenvalue weighted by Crippen LogP contribution is -2.34. The highest BCUT2D eigenvalue weighted by molar-refractivity contribution is 5.95. The second-order valence-corrected chi connectivity index (χ2v) is 5.79. The molecule has 0 aliphatic heterocycles. The molecule has 0 unspecified atom stereocenters. The van der Waals surface area contributed by atoms with Gasteiger partial charge in [0.15, 0.2) is 5.78 Å². The van der Waals surface area contributed by atoms with Crippen LogP contribution >= 0.6 is 0 Å². The number of hydrogen-bond donors (Lipinski definition) is 1. The summed E-state index contributed by atoms with van der Waals surface area (Å²) < 4.78 is 38.5. The Morgan fingerprint density at radius 3 is 2.61 bits per heavy atom. The number of carbonyl (C=O) groups is 1. The second-order valence-electron chi connectivity index (χ2n) is 5.79. The Bertz CT molecular complexity index is 616. The van der Waals surface area contributed by atoms with Crippen molar-refractivity contribution in [3.05, 3.63) is 33.9 Å². The van der Waals surface area contributed by atoms with Crippen LogP contribution in [0.3, 0.4) is 0 Å². The molecule has 0 bridgehead atoms. The van der Waals surface area contributed by atoms with E-state index in [4.69, 9.17) is 0 Å². The van der Waals surface area contributed by atoms with Gasteiger partial charge in [-0.1, -0.05) is 6.42 Å². The zero-order valence-corrected chi connectivity index (χ0v) is 12.5. The van der Waals surface area contributed by atoms with Crippen molar-refractivity contribution in [2.75, 3.05) is 5.32 Å². The maximum absolute atomic E-state index is 12.8. The summed E-state index contributed by atoms with van der Waals surface area (Å²) in [5.41, 5.74) is 0.0405. The highest BCUT2D eigenvalue weighted by atomic mass is 19.4. The predicted molar refractivity (Wildman–Crippen MR) is 78.5 cm³/mol. The number of hydrogen-bond acceptors (Lipinski definition) is 4. The van der Waals surface area contributed by atoms with Crippen molar-refractivity contribution in [3.8, 4) is 0 Å². The van der Waals surface area contributed by atoms with Crippen LogP contribution < -0.4 is 5.32 Å². The number of Topliss-reactive ketones (excluding diaryl/α,β-unsaturated/α-hetero) is 1. The Hall–Kier alpha value is -2.12. The summed E-state index contributed by atoms with van der Waals surface area (Å²) in [4.78, 5) is 21.8. The molecule has 0 saturated heterocycles. The molecule has 5 nitrogen and oxygen atoms in total. The monoisotopic (exact) mass is 330 g/mol. The molecule has 2 atom stereocenters. The van der Waals surface area contributed by atoms with Gasteiger partial charge in [-0.2, -0.15) is 13.2 Å². The first-order valence-electron chi connectivity index (χ1n) is 7.31. The van der Waals surface area contributed by atoms with E-state index in [-0.39, 0.29) is 35.6 Å². The van der Waals surface area contributed by atoms with Crippen molar-refractivity contribution in [2.24, 2.45) is 5.92 Å². The van der Waals surface area contributed by atoms with E-state index >= 15 is 0 Å². The fourth-order valence-corrected chi connectivity index (χ4v) is 2.86. The van der Waals surface area contributed by atoms with E-state index in [1.807, 2.05) is 0 Å². The average molecular weight is 330 g/mol. The van der Waals surface area contributed by atoms with E-state index in [1.165, 1.54) is 19.1 Å². The maximum atomic E-state index is 12.8. The number of halogens is 3. The minimum Gasteiger partial charge on any atom is -0.377 e. The third kappa shape index (κ3) is 4.20. The van der Waals surface area contributed by atoms with Crippen LogP contribution in [0.2, 0.25) is 0 Å². The Kier molecular flexibility index (Phi) is 4.91. The number of ketones is 1. The van der Waals surface area contributed by atoms with Gasteiger partial charge in [-0.05, 0) is 38.3 Å². The Labute approximate surface area is 131 Å². The average Bonchev–Trinajstić information content (AvgIpc) is 2.46. The van der Waals surface area contributed by atoms with E-state index in [1.54, 1.807) is 0 Å². The number of carbonyl (C=O) groups excluding carboxylic acids is 1. The van der Waals surface area contributed by atoms with Gasteiger partial charge in [-0.15, -0.1) is 0 Å². The van der Waals surface area contributed by atoms with Gasteiger partial charge in [0.2, 0.25) is 0 Å². The van der Waals surface area contributed by atoms with E-state index in [9.17, 15) is 28.1 Å². The molecule has 0 heterocycles. The predicted octanol–water partition coefficient (Wildman–Crippen LogP) is 4.33. The summed E-state index contributed by atoms with van der Waals surface area (Å²) in [5.74, 6) is -1.70. The largest absolute Gasteiger partial charge is 0.391 e. The van der Waals surface area contributed by atoms with Crippen LogP contribution in [0.15, 0.2) is 18.2 Å². The van der Waals surface area contributed by atoms with Crippen molar-refractivity contribution in [3.63, 3.8) is 0 Å². The fourth-order valence-electron chi connectivity index (χ4n) is 2.86.